The molecule has 0 spiro atoms. The number of hydrogen-bond donors (Lipinski definition) is 0. The molecule has 6 nitrogen and oxygen atoms in total. The summed E-state index contributed by atoms with van der Waals surface area (Å²) >= 11 is 0. The number of Topliss-reactive ketones (excluding diaryl/α,β-unsaturated/α-hetero) is 1. The third-order valence-corrected chi connectivity index (χ3v) is 4.01. The van der Waals surface area contributed by atoms with Crippen molar-refractivity contribution in [3.8, 4) is 0 Å². The van der Waals surface area contributed by atoms with Crippen LogP contribution in [0.25, 0.3) is 0 Å². The summed E-state index contributed by atoms with van der Waals surface area (Å²) in [5, 5.41) is 0. The van der Waals surface area contributed by atoms with Gasteiger partial charge in [-0.15, -0.1) is 0 Å². The summed E-state index contributed by atoms with van der Waals surface area (Å²) in [6.45, 7) is 5.42. The summed E-state index contributed by atoms with van der Waals surface area (Å²) < 4.78 is 0. The van der Waals surface area contributed by atoms with Gasteiger partial charge in [0.05, 0.1) is 6.54 Å². The number of carbonyl (C=O) groups excluding carboxylic acids is 4. The predicted molar refractivity (Wildman–Crippen MR) is 87.7 cm³/mol. The standard InChI is InChI=1S/C18H22N2O4/c1-12(2)9-10-19-16(22)15(13(3)21)17(23)20(18(19)24)11-14-7-5-4-6-8-14/h4-8,12,15H,9-11H2,1-3H3. The van der Waals surface area contributed by atoms with Gasteiger partial charge in [0.25, 0.3) is 11.8 Å². The smallest absolute Gasteiger partial charge is 0.299 e. The van der Waals surface area contributed by atoms with Crippen LogP contribution in [0.15, 0.2) is 30.3 Å². The van der Waals surface area contributed by atoms with Crippen LogP contribution in [0.1, 0.15) is 32.8 Å². The molecule has 24 heavy (non-hydrogen) atoms. The summed E-state index contributed by atoms with van der Waals surface area (Å²) in [5.41, 5.74) is 0.764. The number of rotatable bonds is 6. The monoisotopic (exact) mass is 330 g/mol. The molecule has 0 bridgehead atoms. The van der Waals surface area contributed by atoms with Crippen LogP contribution >= 0.6 is 0 Å². The van der Waals surface area contributed by atoms with Crippen LogP contribution < -0.4 is 0 Å². The highest BCUT2D eigenvalue weighted by atomic mass is 16.2. The van der Waals surface area contributed by atoms with Gasteiger partial charge in [-0.2, -0.15) is 0 Å². The van der Waals surface area contributed by atoms with E-state index < -0.39 is 29.5 Å². The van der Waals surface area contributed by atoms with Crippen molar-refractivity contribution in [3.63, 3.8) is 0 Å². The van der Waals surface area contributed by atoms with E-state index in [1.807, 2.05) is 19.9 Å². The Balaban J connectivity index is 2.30. The first-order chi connectivity index (χ1) is 11.3. The fourth-order valence-electron chi connectivity index (χ4n) is 2.60. The van der Waals surface area contributed by atoms with Gasteiger partial charge >= 0.3 is 6.03 Å². The van der Waals surface area contributed by atoms with Gasteiger partial charge in [-0.3, -0.25) is 24.2 Å². The van der Waals surface area contributed by atoms with Crippen LogP contribution in [0, 0.1) is 11.8 Å². The Morgan fingerprint density at radius 1 is 1.04 bits per heavy atom. The van der Waals surface area contributed by atoms with E-state index >= 15 is 0 Å². The second-order valence-electron chi connectivity index (χ2n) is 6.41. The lowest BCUT2D eigenvalue weighted by molar-refractivity contribution is -0.153. The molecular weight excluding hydrogens is 308 g/mol. The van der Waals surface area contributed by atoms with Gasteiger partial charge < -0.3 is 0 Å². The van der Waals surface area contributed by atoms with E-state index in [1.54, 1.807) is 24.3 Å². The molecular formula is C18H22N2O4. The van der Waals surface area contributed by atoms with E-state index in [2.05, 4.69) is 0 Å². The van der Waals surface area contributed by atoms with Crippen molar-refractivity contribution in [2.75, 3.05) is 6.54 Å². The Morgan fingerprint density at radius 2 is 1.62 bits per heavy atom. The van der Waals surface area contributed by atoms with Gasteiger partial charge in [-0.05, 0) is 24.8 Å². The molecule has 0 N–H and O–H groups in total. The molecule has 128 valence electrons. The fraction of sp³-hybridized carbons (Fsp3) is 0.444. The molecule has 2 rings (SSSR count). The summed E-state index contributed by atoms with van der Waals surface area (Å²) in [6.07, 6.45) is 0.621. The van der Waals surface area contributed by atoms with Crippen LogP contribution in [0.5, 0.6) is 0 Å². The first-order valence-electron chi connectivity index (χ1n) is 8.04. The molecule has 1 saturated heterocycles. The Morgan fingerprint density at radius 3 is 2.17 bits per heavy atom. The molecule has 1 aromatic rings. The van der Waals surface area contributed by atoms with Gasteiger partial charge in [0, 0.05) is 6.54 Å². The Labute approximate surface area is 141 Å². The molecule has 0 radical (unpaired) electrons. The minimum absolute atomic E-state index is 0.0494. The maximum Gasteiger partial charge on any atom is 0.333 e. The van der Waals surface area contributed by atoms with E-state index in [0.717, 1.165) is 15.4 Å². The zero-order valence-corrected chi connectivity index (χ0v) is 14.2. The van der Waals surface area contributed by atoms with Crippen molar-refractivity contribution >= 4 is 23.6 Å². The van der Waals surface area contributed by atoms with Gasteiger partial charge in [0.15, 0.2) is 11.7 Å². The number of carbonyl (C=O) groups is 4. The number of amides is 4. The third-order valence-electron chi connectivity index (χ3n) is 4.01. The van der Waals surface area contributed by atoms with Crippen molar-refractivity contribution in [1.82, 2.24) is 9.80 Å². The fourth-order valence-corrected chi connectivity index (χ4v) is 2.60. The van der Waals surface area contributed by atoms with Crippen molar-refractivity contribution in [3.05, 3.63) is 35.9 Å². The van der Waals surface area contributed by atoms with Crippen molar-refractivity contribution in [2.45, 2.75) is 33.7 Å². The topological polar surface area (TPSA) is 74.8 Å². The Bertz CT molecular complexity index is 654. The normalized spacial score (nSPS) is 18.5. The summed E-state index contributed by atoms with van der Waals surface area (Å²) in [6, 6.07) is 8.37. The molecule has 0 aliphatic carbocycles. The molecule has 1 aliphatic heterocycles. The van der Waals surface area contributed by atoms with Gasteiger partial charge in [0.2, 0.25) is 0 Å². The lowest BCUT2D eigenvalue weighted by atomic mass is 9.98. The van der Waals surface area contributed by atoms with Crippen molar-refractivity contribution < 1.29 is 19.2 Å². The van der Waals surface area contributed by atoms with Crippen LogP contribution in [-0.2, 0) is 20.9 Å². The Kier molecular flexibility index (Phi) is 5.49. The average Bonchev–Trinajstić information content (AvgIpc) is 2.51. The highest BCUT2D eigenvalue weighted by molar-refractivity contribution is 6.26. The number of ketones is 1. The van der Waals surface area contributed by atoms with E-state index in [1.165, 1.54) is 6.92 Å². The zero-order valence-electron chi connectivity index (χ0n) is 14.2. The SMILES string of the molecule is CC(=O)C1C(=O)N(CCC(C)C)C(=O)N(Cc2ccccc2)C1=O. The highest BCUT2D eigenvalue weighted by Crippen LogP contribution is 2.22. The molecule has 0 aromatic heterocycles. The number of barbiturate groups is 1. The maximum absolute atomic E-state index is 12.6. The zero-order chi connectivity index (χ0) is 17.9. The van der Waals surface area contributed by atoms with E-state index in [9.17, 15) is 19.2 Å². The first kappa shape index (κ1) is 17.8. The second kappa shape index (κ2) is 7.38. The third kappa shape index (κ3) is 3.69. The number of imide groups is 2. The summed E-state index contributed by atoms with van der Waals surface area (Å²) in [5.74, 6) is -3.10. The first-order valence-corrected chi connectivity index (χ1v) is 8.04. The van der Waals surface area contributed by atoms with Gasteiger partial charge in [-0.1, -0.05) is 44.2 Å². The predicted octanol–water partition coefficient (Wildman–Crippen LogP) is 2.23. The lowest BCUT2D eigenvalue weighted by Gasteiger charge is -2.36. The minimum Gasteiger partial charge on any atom is -0.299 e. The highest BCUT2D eigenvalue weighted by Gasteiger charge is 2.47. The molecule has 1 heterocycles. The number of nitrogens with zero attached hydrogens (tertiary/aromatic N) is 2. The molecule has 1 atom stereocenters. The Hall–Kier alpha value is -2.50. The van der Waals surface area contributed by atoms with Crippen molar-refractivity contribution in [1.29, 1.82) is 0 Å². The van der Waals surface area contributed by atoms with E-state index in [0.29, 0.717) is 12.3 Å². The molecule has 6 heteroatoms. The molecule has 1 unspecified atom stereocenters. The molecule has 0 saturated carbocycles. The number of benzene rings is 1. The van der Waals surface area contributed by atoms with Crippen LogP contribution in [-0.4, -0.2) is 40.0 Å². The van der Waals surface area contributed by atoms with Crippen LogP contribution in [0.4, 0.5) is 4.79 Å². The summed E-state index contributed by atoms with van der Waals surface area (Å²) in [4.78, 5) is 51.4. The van der Waals surface area contributed by atoms with Crippen molar-refractivity contribution in [2.24, 2.45) is 11.8 Å². The minimum atomic E-state index is -1.42. The molecule has 4 amide bonds. The summed E-state index contributed by atoms with van der Waals surface area (Å²) in [7, 11) is 0. The van der Waals surface area contributed by atoms with Gasteiger partial charge in [0.1, 0.15) is 0 Å². The lowest BCUT2D eigenvalue weighted by Crippen LogP contribution is -2.61. The molecule has 1 aromatic carbocycles. The molecule has 1 fully saturated rings. The quantitative estimate of drug-likeness (QED) is 0.750. The van der Waals surface area contributed by atoms with E-state index in [4.69, 9.17) is 0 Å². The maximum atomic E-state index is 12.6. The van der Waals surface area contributed by atoms with Gasteiger partial charge in [-0.25, -0.2) is 4.79 Å². The largest absolute Gasteiger partial charge is 0.333 e. The second-order valence-corrected chi connectivity index (χ2v) is 6.41. The molecule has 1 aliphatic rings. The van der Waals surface area contributed by atoms with E-state index in [-0.39, 0.29) is 13.1 Å². The van der Waals surface area contributed by atoms with Crippen LogP contribution in [0.2, 0.25) is 0 Å². The number of urea groups is 1. The average molecular weight is 330 g/mol. The number of hydrogen-bond acceptors (Lipinski definition) is 4. The van der Waals surface area contributed by atoms with Crippen LogP contribution in [0.3, 0.4) is 0 Å².